The number of hydrogen-bond acceptors (Lipinski definition) is 4. The topological polar surface area (TPSA) is 64.3 Å². The zero-order valence-electron chi connectivity index (χ0n) is 11.1. The molecule has 1 aromatic carbocycles. The zero-order valence-corrected chi connectivity index (χ0v) is 11.9. The van der Waals surface area contributed by atoms with Crippen LogP contribution in [0.2, 0.25) is 0 Å². The molecule has 3 N–H and O–H groups in total. The smallest absolute Gasteiger partial charge is 0.263 e. The lowest BCUT2D eigenvalue weighted by atomic mass is 10.2. The Morgan fingerprint density at radius 3 is 2.84 bits per heavy atom. The number of ether oxygens (including phenoxy) is 1. The Morgan fingerprint density at radius 2 is 2.16 bits per heavy atom. The highest BCUT2D eigenvalue weighted by Crippen LogP contribution is 2.33. The summed E-state index contributed by atoms with van der Waals surface area (Å²) in [7, 11) is 0. The van der Waals surface area contributed by atoms with Crippen molar-refractivity contribution in [2.24, 2.45) is 0 Å². The van der Waals surface area contributed by atoms with Crippen LogP contribution in [0.25, 0.3) is 10.1 Å². The van der Waals surface area contributed by atoms with Gasteiger partial charge < -0.3 is 15.8 Å². The van der Waals surface area contributed by atoms with E-state index in [0.29, 0.717) is 23.7 Å². The fourth-order valence-electron chi connectivity index (χ4n) is 1.77. The number of hydrogen-bond donors (Lipinski definition) is 2. The molecule has 2 rings (SSSR count). The number of nitrogens with two attached hydrogens (primary N) is 1. The molecule has 102 valence electrons. The third-order valence-corrected chi connectivity index (χ3v) is 3.86. The van der Waals surface area contributed by atoms with Crippen molar-refractivity contribution >= 4 is 33.0 Å². The quantitative estimate of drug-likeness (QED) is 0.826. The van der Waals surface area contributed by atoms with Crippen molar-refractivity contribution in [3.63, 3.8) is 0 Å². The minimum atomic E-state index is -0.133. The summed E-state index contributed by atoms with van der Waals surface area (Å²) in [4.78, 5) is 12.6. The third kappa shape index (κ3) is 3.24. The van der Waals surface area contributed by atoms with Crippen LogP contribution in [0.4, 0.5) is 5.69 Å². The van der Waals surface area contributed by atoms with Gasteiger partial charge in [-0.2, -0.15) is 0 Å². The van der Waals surface area contributed by atoms with Crippen molar-refractivity contribution in [2.75, 3.05) is 18.9 Å². The van der Waals surface area contributed by atoms with Crippen LogP contribution in [-0.2, 0) is 4.74 Å². The van der Waals surface area contributed by atoms with E-state index in [1.54, 1.807) is 0 Å². The van der Waals surface area contributed by atoms with E-state index >= 15 is 0 Å². The lowest BCUT2D eigenvalue weighted by Crippen LogP contribution is -2.27. The highest BCUT2D eigenvalue weighted by atomic mass is 32.1. The molecule has 1 amide bonds. The standard InChI is InChI=1S/C14H18N2O2S/c1-9(2)18-8-7-16-14(17)13-12(15)10-5-3-4-6-11(10)19-13/h3-6,9H,7-8,15H2,1-2H3,(H,16,17). The van der Waals surface area contributed by atoms with E-state index in [0.717, 1.165) is 10.1 Å². The minimum absolute atomic E-state index is 0.133. The van der Waals surface area contributed by atoms with Gasteiger partial charge in [-0.3, -0.25) is 4.79 Å². The van der Waals surface area contributed by atoms with Crippen LogP contribution < -0.4 is 11.1 Å². The summed E-state index contributed by atoms with van der Waals surface area (Å²) < 4.78 is 6.41. The predicted octanol–water partition coefficient (Wildman–Crippen LogP) is 2.64. The van der Waals surface area contributed by atoms with Crippen LogP contribution in [0.1, 0.15) is 23.5 Å². The highest BCUT2D eigenvalue weighted by molar-refractivity contribution is 7.21. The molecule has 0 aliphatic rings. The summed E-state index contributed by atoms with van der Waals surface area (Å²) in [5.41, 5.74) is 6.57. The lowest BCUT2D eigenvalue weighted by molar-refractivity contribution is 0.0748. The second-order valence-corrected chi connectivity index (χ2v) is 5.57. The van der Waals surface area contributed by atoms with Gasteiger partial charge in [0.2, 0.25) is 0 Å². The number of benzene rings is 1. The molecule has 1 heterocycles. The average molecular weight is 278 g/mol. The molecule has 0 bridgehead atoms. The molecule has 0 radical (unpaired) electrons. The summed E-state index contributed by atoms with van der Waals surface area (Å²) in [5.74, 6) is -0.133. The molecule has 1 aromatic heterocycles. The number of carbonyl (C=O) groups excluding carboxylic acids is 1. The minimum Gasteiger partial charge on any atom is -0.397 e. The van der Waals surface area contributed by atoms with E-state index < -0.39 is 0 Å². The maximum absolute atomic E-state index is 12.0. The van der Waals surface area contributed by atoms with Gasteiger partial charge in [-0.05, 0) is 19.9 Å². The first-order valence-electron chi connectivity index (χ1n) is 6.26. The summed E-state index contributed by atoms with van der Waals surface area (Å²) in [6, 6.07) is 7.76. The molecule has 19 heavy (non-hydrogen) atoms. The maximum Gasteiger partial charge on any atom is 0.263 e. The van der Waals surface area contributed by atoms with E-state index in [4.69, 9.17) is 10.5 Å². The lowest BCUT2D eigenvalue weighted by Gasteiger charge is -2.08. The maximum atomic E-state index is 12.0. The number of carbonyl (C=O) groups is 1. The number of nitrogen functional groups attached to an aromatic ring is 1. The summed E-state index contributed by atoms with van der Waals surface area (Å²) >= 11 is 1.42. The van der Waals surface area contributed by atoms with Crippen LogP contribution >= 0.6 is 11.3 Å². The molecule has 4 nitrogen and oxygen atoms in total. The summed E-state index contributed by atoms with van der Waals surface area (Å²) in [5, 5.41) is 3.76. The monoisotopic (exact) mass is 278 g/mol. The first-order chi connectivity index (χ1) is 9.09. The van der Waals surface area contributed by atoms with Gasteiger partial charge in [-0.1, -0.05) is 18.2 Å². The second kappa shape index (κ2) is 6.04. The number of anilines is 1. The Kier molecular flexibility index (Phi) is 4.39. The number of fused-ring (bicyclic) bond motifs is 1. The fourth-order valence-corrected chi connectivity index (χ4v) is 2.81. The third-order valence-electron chi connectivity index (χ3n) is 2.68. The predicted molar refractivity (Wildman–Crippen MR) is 79.7 cm³/mol. The zero-order chi connectivity index (χ0) is 13.8. The molecule has 0 fully saturated rings. The average Bonchev–Trinajstić information content (AvgIpc) is 2.72. The van der Waals surface area contributed by atoms with Gasteiger partial charge in [0.1, 0.15) is 4.88 Å². The Balaban J connectivity index is 2.03. The Morgan fingerprint density at radius 1 is 1.42 bits per heavy atom. The van der Waals surface area contributed by atoms with Crippen LogP contribution in [0.3, 0.4) is 0 Å². The highest BCUT2D eigenvalue weighted by Gasteiger charge is 2.15. The van der Waals surface area contributed by atoms with Crippen molar-refractivity contribution in [3.05, 3.63) is 29.1 Å². The largest absolute Gasteiger partial charge is 0.397 e. The van der Waals surface area contributed by atoms with Crippen molar-refractivity contribution in [1.29, 1.82) is 0 Å². The van der Waals surface area contributed by atoms with Gasteiger partial charge in [-0.25, -0.2) is 0 Å². The SMILES string of the molecule is CC(C)OCCNC(=O)c1sc2ccccc2c1N. The normalized spacial score (nSPS) is 11.1. The Bertz CT molecular complexity index is 578. The molecule has 0 unspecified atom stereocenters. The van der Waals surface area contributed by atoms with Gasteiger partial charge >= 0.3 is 0 Å². The molecule has 0 aliphatic carbocycles. The van der Waals surface area contributed by atoms with E-state index in [1.165, 1.54) is 11.3 Å². The second-order valence-electron chi connectivity index (χ2n) is 4.52. The van der Waals surface area contributed by atoms with Crippen molar-refractivity contribution in [2.45, 2.75) is 20.0 Å². The van der Waals surface area contributed by atoms with Crippen molar-refractivity contribution in [1.82, 2.24) is 5.32 Å². The molecular weight excluding hydrogens is 260 g/mol. The van der Waals surface area contributed by atoms with Gasteiger partial charge in [0, 0.05) is 16.6 Å². The first kappa shape index (κ1) is 13.8. The number of rotatable bonds is 5. The molecule has 0 spiro atoms. The van der Waals surface area contributed by atoms with Crippen LogP contribution in [-0.4, -0.2) is 25.2 Å². The molecule has 0 saturated carbocycles. The molecule has 2 aromatic rings. The van der Waals surface area contributed by atoms with E-state index in [1.807, 2.05) is 38.1 Å². The molecular formula is C14H18N2O2S. The van der Waals surface area contributed by atoms with Crippen molar-refractivity contribution < 1.29 is 9.53 Å². The fraction of sp³-hybridized carbons (Fsp3) is 0.357. The van der Waals surface area contributed by atoms with Crippen molar-refractivity contribution in [3.8, 4) is 0 Å². The van der Waals surface area contributed by atoms with Gasteiger partial charge in [0.05, 0.1) is 18.4 Å². The molecule has 0 saturated heterocycles. The van der Waals surface area contributed by atoms with Crippen LogP contribution in [0, 0.1) is 0 Å². The number of amides is 1. The molecule has 5 heteroatoms. The van der Waals surface area contributed by atoms with E-state index in [2.05, 4.69) is 5.32 Å². The first-order valence-corrected chi connectivity index (χ1v) is 7.08. The number of nitrogens with one attached hydrogen (secondary N) is 1. The summed E-state index contributed by atoms with van der Waals surface area (Å²) in [6.07, 6.45) is 0.172. The van der Waals surface area contributed by atoms with E-state index in [-0.39, 0.29) is 12.0 Å². The van der Waals surface area contributed by atoms with Gasteiger partial charge in [-0.15, -0.1) is 11.3 Å². The molecule has 0 aliphatic heterocycles. The Hall–Kier alpha value is -1.59. The summed E-state index contributed by atoms with van der Waals surface area (Å²) in [6.45, 7) is 4.93. The molecule has 0 atom stereocenters. The number of thiophene rings is 1. The van der Waals surface area contributed by atoms with E-state index in [9.17, 15) is 4.79 Å². The van der Waals surface area contributed by atoms with Crippen LogP contribution in [0.15, 0.2) is 24.3 Å². The Labute approximate surface area is 116 Å². The van der Waals surface area contributed by atoms with Crippen LogP contribution in [0.5, 0.6) is 0 Å². The van der Waals surface area contributed by atoms with Gasteiger partial charge in [0.25, 0.3) is 5.91 Å². The van der Waals surface area contributed by atoms with Gasteiger partial charge in [0.15, 0.2) is 0 Å².